The molecule has 0 saturated carbocycles. The lowest BCUT2D eigenvalue weighted by atomic mass is 10.2. The fourth-order valence-electron chi connectivity index (χ4n) is 1.45. The second kappa shape index (κ2) is 7.78. The molecule has 5 nitrogen and oxygen atoms in total. The Morgan fingerprint density at radius 3 is 2.68 bits per heavy atom. The minimum absolute atomic E-state index is 0.0576. The third kappa shape index (κ3) is 5.74. The highest BCUT2D eigenvalue weighted by Crippen LogP contribution is 2.19. The first-order chi connectivity index (χ1) is 9.02. The topological polar surface area (TPSA) is 70.2 Å². The van der Waals surface area contributed by atoms with E-state index in [1.165, 1.54) is 0 Å². The molecule has 0 radical (unpaired) electrons. The SMILES string of the molecule is CCCNC(=O)NC(=O)CNc1ccc(Br)cc1C. The van der Waals surface area contributed by atoms with Gasteiger partial charge in [-0.05, 0) is 37.1 Å². The van der Waals surface area contributed by atoms with Crippen molar-refractivity contribution in [2.75, 3.05) is 18.4 Å². The molecular formula is C13H18BrN3O2. The van der Waals surface area contributed by atoms with Gasteiger partial charge in [-0.15, -0.1) is 0 Å². The van der Waals surface area contributed by atoms with Crippen LogP contribution in [0.5, 0.6) is 0 Å². The Bertz CT molecular complexity index is 463. The number of anilines is 1. The lowest BCUT2D eigenvalue weighted by molar-refractivity contribution is -0.118. The lowest BCUT2D eigenvalue weighted by Crippen LogP contribution is -2.42. The molecule has 0 aromatic heterocycles. The summed E-state index contributed by atoms with van der Waals surface area (Å²) in [4.78, 5) is 22.8. The van der Waals surface area contributed by atoms with Crippen molar-refractivity contribution in [3.8, 4) is 0 Å². The molecule has 0 aliphatic carbocycles. The van der Waals surface area contributed by atoms with Gasteiger partial charge in [-0.2, -0.15) is 0 Å². The summed E-state index contributed by atoms with van der Waals surface area (Å²) in [6.07, 6.45) is 0.831. The monoisotopic (exact) mass is 327 g/mol. The number of rotatable bonds is 5. The van der Waals surface area contributed by atoms with Crippen LogP contribution in [0.3, 0.4) is 0 Å². The van der Waals surface area contributed by atoms with E-state index in [4.69, 9.17) is 0 Å². The first-order valence-corrected chi connectivity index (χ1v) is 6.90. The van der Waals surface area contributed by atoms with Gasteiger partial charge in [0.1, 0.15) is 0 Å². The van der Waals surface area contributed by atoms with Crippen LogP contribution in [0.2, 0.25) is 0 Å². The number of carbonyl (C=O) groups is 2. The molecule has 6 heteroatoms. The van der Waals surface area contributed by atoms with Crippen LogP contribution in [0, 0.1) is 6.92 Å². The summed E-state index contributed by atoms with van der Waals surface area (Å²) in [6, 6.07) is 5.26. The molecule has 1 rings (SSSR count). The Morgan fingerprint density at radius 1 is 1.32 bits per heavy atom. The maximum absolute atomic E-state index is 11.5. The average Bonchev–Trinajstić information content (AvgIpc) is 2.35. The predicted molar refractivity (Wildman–Crippen MR) is 79.2 cm³/mol. The number of hydrogen-bond donors (Lipinski definition) is 3. The quantitative estimate of drug-likeness (QED) is 0.777. The summed E-state index contributed by atoms with van der Waals surface area (Å²) in [5.74, 6) is -0.365. The summed E-state index contributed by atoms with van der Waals surface area (Å²) >= 11 is 3.37. The summed E-state index contributed by atoms with van der Waals surface area (Å²) in [7, 11) is 0. The van der Waals surface area contributed by atoms with Crippen LogP contribution in [-0.4, -0.2) is 25.0 Å². The van der Waals surface area contributed by atoms with E-state index >= 15 is 0 Å². The molecule has 0 spiro atoms. The number of halogens is 1. The maximum atomic E-state index is 11.5. The normalized spacial score (nSPS) is 9.84. The molecule has 0 fully saturated rings. The molecule has 3 amide bonds. The van der Waals surface area contributed by atoms with E-state index in [1.54, 1.807) is 0 Å². The summed E-state index contributed by atoms with van der Waals surface area (Å²) < 4.78 is 0.985. The van der Waals surface area contributed by atoms with Crippen LogP contribution < -0.4 is 16.0 Å². The molecule has 1 aromatic carbocycles. The van der Waals surface area contributed by atoms with Gasteiger partial charge in [0, 0.05) is 16.7 Å². The number of amides is 3. The van der Waals surface area contributed by atoms with Crippen LogP contribution in [0.15, 0.2) is 22.7 Å². The number of hydrogen-bond acceptors (Lipinski definition) is 3. The Morgan fingerprint density at radius 2 is 2.05 bits per heavy atom. The molecule has 104 valence electrons. The van der Waals surface area contributed by atoms with Crippen molar-refractivity contribution in [1.82, 2.24) is 10.6 Å². The molecule has 0 aliphatic rings. The highest BCUT2D eigenvalue weighted by Gasteiger charge is 2.07. The van der Waals surface area contributed by atoms with Gasteiger partial charge < -0.3 is 10.6 Å². The van der Waals surface area contributed by atoms with Crippen molar-refractivity contribution >= 4 is 33.6 Å². The molecule has 0 atom stereocenters. The summed E-state index contributed by atoms with van der Waals surface area (Å²) in [5, 5.41) is 7.82. The van der Waals surface area contributed by atoms with Crippen molar-refractivity contribution in [3.05, 3.63) is 28.2 Å². The summed E-state index contributed by atoms with van der Waals surface area (Å²) in [6.45, 7) is 4.50. The molecule has 0 unspecified atom stereocenters. The van der Waals surface area contributed by atoms with Crippen LogP contribution in [0.4, 0.5) is 10.5 Å². The molecule has 0 heterocycles. The van der Waals surface area contributed by atoms with Crippen molar-refractivity contribution in [1.29, 1.82) is 0 Å². The fraction of sp³-hybridized carbons (Fsp3) is 0.385. The average molecular weight is 328 g/mol. The number of urea groups is 1. The van der Waals surface area contributed by atoms with Gasteiger partial charge in [0.2, 0.25) is 5.91 Å². The zero-order valence-corrected chi connectivity index (χ0v) is 12.6. The van der Waals surface area contributed by atoms with Gasteiger partial charge in [0.05, 0.1) is 6.54 Å². The van der Waals surface area contributed by atoms with E-state index in [-0.39, 0.29) is 12.5 Å². The molecule has 1 aromatic rings. The highest BCUT2D eigenvalue weighted by molar-refractivity contribution is 9.10. The van der Waals surface area contributed by atoms with E-state index in [0.29, 0.717) is 6.54 Å². The van der Waals surface area contributed by atoms with E-state index in [0.717, 1.165) is 22.1 Å². The minimum Gasteiger partial charge on any atom is -0.376 e. The van der Waals surface area contributed by atoms with Gasteiger partial charge in [0.25, 0.3) is 0 Å². The van der Waals surface area contributed by atoms with Gasteiger partial charge in [-0.3, -0.25) is 10.1 Å². The Kier molecular flexibility index (Phi) is 6.35. The first kappa shape index (κ1) is 15.5. The Hall–Kier alpha value is -1.56. The van der Waals surface area contributed by atoms with Crippen molar-refractivity contribution in [2.45, 2.75) is 20.3 Å². The number of imide groups is 1. The Labute approximate surface area is 121 Å². The van der Waals surface area contributed by atoms with Crippen LogP contribution >= 0.6 is 15.9 Å². The molecule has 0 aliphatic heterocycles. The first-order valence-electron chi connectivity index (χ1n) is 6.10. The second-order valence-electron chi connectivity index (χ2n) is 4.12. The molecule has 0 saturated heterocycles. The third-order valence-electron chi connectivity index (χ3n) is 2.42. The van der Waals surface area contributed by atoms with Gasteiger partial charge in [0.15, 0.2) is 0 Å². The number of carbonyl (C=O) groups excluding carboxylic acids is 2. The van der Waals surface area contributed by atoms with Crippen molar-refractivity contribution < 1.29 is 9.59 Å². The maximum Gasteiger partial charge on any atom is 0.321 e. The highest BCUT2D eigenvalue weighted by atomic mass is 79.9. The minimum atomic E-state index is -0.457. The van der Waals surface area contributed by atoms with Crippen LogP contribution in [0.25, 0.3) is 0 Å². The molecule has 3 N–H and O–H groups in total. The Balaban J connectivity index is 2.39. The van der Waals surface area contributed by atoms with Crippen LogP contribution in [0.1, 0.15) is 18.9 Å². The second-order valence-corrected chi connectivity index (χ2v) is 5.03. The smallest absolute Gasteiger partial charge is 0.321 e. The van der Waals surface area contributed by atoms with Gasteiger partial charge >= 0.3 is 6.03 Å². The predicted octanol–water partition coefficient (Wildman–Crippen LogP) is 2.41. The number of nitrogens with one attached hydrogen (secondary N) is 3. The van der Waals surface area contributed by atoms with E-state index in [9.17, 15) is 9.59 Å². The molecular weight excluding hydrogens is 310 g/mol. The number of benzene rings is 1. The third-order valence-corrected chi connectivity index (χ3v) is 2.91. The lowest BCUT2D eigenvalue weighted by Gasteiger charge is -2.10. The number of aryl methyl sites for hydroxylation is 1. The van der Waals surface area contributed by atoms with E-state index in [2.05, 4.69) is 31.9 Å². The zero-order valence-electron chi connectivity index (χ0n) is 11.0. The fourth-order valence-corrected chi connectivity index (χ4v) is 1.93. The molecule has 0 bridgehead atoms. The van der Waals surface area contributed by atoms with Crippen LogP contribution in [-0.2, 0) is 4.79 Å². The standard InChI is InChI=1S/C13H18BrN3O2/c1-3-6-15-13(19)17-12(18)8-16-11-5-4-10(14)7-9(11)2/h4-5,7,16H,3,6,8H2,1-2H3,(H2,15,17,18,19). The largest absolute Gasteiger partial charge is 0.376 e. The van der Waals surface area contributed by atoms with Gasteiger partial charge in [-0.25, -0.2) is 4.79 Å². The van der Waals surface area contributed by atoms with Crippen molar-refractivity contribution in [2.24, 2.45) is 0 Å². The molecule has 19 heavy (non-hydrogen) atoms. The zero-order chi connectivity index (χ0) is 14.3. The van der Waals surface area contributed by atoms with Crippen molar-refractivity contribution in [3.63, 3.8) is 0 Å². The van der Waals surface area contributed by atoms with E-state index < -0.39 is 6.03 Å². The van der Waals surface area contributed by atoms with Gasteiger partial charge in [-0.1, -0.05) is 22.9 Å². The van der Waals surface area contributed by atoms with E-state index in [1.807, 2.05) is 32.0 Å². The summed E-state index contributed by atoms with van der Waals surface area (Å²) in [5.41, 5.74) is 1.89.